The van der Waals surface area contributed by atoms with Gasteiger partial charge in [0.05, 0.1) is 22.7 Å². The summed E-state index contributed by atoms with van der Waals surface area (Å²) in [4.78, 5) is 38.4. The molecule has 0 saturated carbocycles. The molecule has 0 spiro atoms. The number of benzene rings is 1. The Morgan fingerprint density at radius 2 is 1.85 bits per heavy atom. The van der Waals surface area contributed by atoms with Crippen LogP contribution in [0.4, 0.5) is 16.2 Å². The molecule has 1 aliphatic heterocycles. The van der Waals surface area contributed by atoms with Crippen molar-refractivity contribution >= 4 is 23.4 Å². The van der Waals surface area contributed by atoms with Crippen molar-refractivity contribution in [3.05, 3.63) is 33.9 Å². The lowest BCUT2D eigenvalue weighted by Gasteiger charge is -2.35. The third-order valence-electron chi connectivity index (χ3n) is 4.17. The van der Waals surface area contributed by atoms with Gasteiger partial charge in [0.2, 0.25) is 5.91 Å². The van der Waals surface area contributed by atoms with Crippen molar-refractivity contribution in [2.45, 2.75) is 33.3 Å². The van der Waals surface area contributed by atoms with E-state index in [2.05, 4.69) is 5.32 Å². The quantitative estimate of drug-likeness (QED) is 0.637. The Hall–Kier alpha value is -2.68. The first kappa shape index (κ1) is 20.6. The second kappa shape index (κ2) is 8.34. The first-order valence-corrected chi connectivity index (χ1v) is 8.81. The van der Waals surface area contributed by atoms with E-state index in [0.29, 0.717) is 37.4 Å². The molecule has 1 saturated heterocycles. The third kappa shape index (κ3) is 5.92. The second-order valence-electron chi connectivity index (χ2n) is 7.50. The molecule has 1 N–H and O–H groups in total. The zero-order chi connectivity index (χ0) is 20.2. The molecule has 1 aliphatic rings. The Balaban J connectivity index is 1.86. The number of hydrogen-bond donors (Lipinski definition) is 1. The maximum absolute atomic E-state index is 12.3. The van der Waals surface area contributed by atoms with E-state index in [1.165, 1.54) is 6.07 Å². The van der Waals surface area contributed by atoms with Gasteiger partial charge in [0, 0.05) is 32.2 Å². The fraction of sp³-hybridized carbons (Fsp3) is 0.556. The van der Waals surface area contributed by atoms with Crippen LogP contribution in [0.15, 0.2) is 18.2 Å². The van der Waals surface area contributed by atoms with Gasteiger partial charge in [-0.25, -0.2) is 4.79 Å². The molecule has 9 heteroatoms. The van der Waals surface area contributed by atoms with Crippen LogP contribution in [0.5, 0.6) is 0 Å². The molecule has 0 bridgehead atoms. The zero-order valence-electron chi connectivity index (χ0n) is 16.2. The van der Waals surface area contributed by atoms with E-state index in [4.69, 9.17) is 4.74 Å². The highest BCUT2D eigenvalue weighted by atomic mass is 16.6. The number of ether oxygens (including phenoxy) is 1. The molecular weight excluding hydrogens is 352 g/mol. The third-order valence-corrected chi connectivity index (χ3v) is 4.17. The number of amides is 2. The standard InChI is InChI=1S/C18H26N4O5/c1-13-14(6-5-7-15(13)22(25)26)19-16(23)12-20-8-10-21(11-9-20)17(24)27-18(2,3)4/h5-7H,8-12H2,1-4H3,(H,19,23). The van der Waals surface area contributed by atoms with Gasteiger partial charge in [0.25, 0.3) is 5.69 Å². The van der Waals surface area contributed by atoms with Crippen LogP contribution < -0.4 is 5.32 Å². The fourth-order valence-corrected chi connectivity index (χ4v) is 2.76. The van der Waals surface area contributed by atoms with E-state index in [-0.39, 0.29) is 24.2 Å². The number of nitrogens with zero attached hydrogens (tertiary/aromatic N) is 3. The molecule has 27 heavy (non-hydrogen) atoms. The lowest BCUT2D eigenvalue weighted by atomic mass is 10.1. The topological polar surface area (TPSA) is 105 Å². The van der Waals surface area contributed by atoms with Gasteiger partial charge in [0.1, 0.15) is 5.60 Å². The van der Waals surface area contributed by atoms with Crippen LogP contribution in [-0.4, -0.2) is 65.0 Å². The SMILES string of the molecule is Cc1c(NC(=O)CN2CCN(C(=O)OC(C)(C)C)CC2)cccc1[N+](=O)[O-]. The van der Waals surface area contributed by atoms with Gasteiger partial charge < -0.3 is 15.0 Å². The van der Waals surface area contributed by atoms with E-state index in [1.54, 1.807) is 24.0 Å². The van der Waals surface area contributed by atoms with Gasteiger partial charge in [-0.15, -0.1) is 0 Å². The molecule has 1 heterocycles. The summed E-state index contributed by atoms with van der Waals surface area (Å²) in [5.74, 6) is -0.246. The molecule has 1 aromatic carbocycles. The summed E-state index contributed by atoms with van der Waals surface area (Å²) < 4.78 is 5.35. The molecule has 1 aromatic rings. The lowest BCUT2D eigenvalue weighted by molar-refractivity contribution is -0.385. The van der Waals surface area contributed by atoms with Gasteiger partial charge >= 0.3 is 6.09 Å². The molecule has 148 valence electrons. The summed E-state index contributed by atoms with van der Waals surface area (Å²) in [6.45, 7) is 9.30. The van der Waals surface area contributed by atoms with Crippen molar-refractivity contribution in [1.82, 2.24) is 9.80 Å². The molecule has 0 aromatic heterocycles. The Labute approximate surface area is 158 Å². The van der Waals surface area contributed by atoms with Crippen molar-refractivity contribution in [2.24, 2.45) is 0 Å². The maximum Gasteiger partial charge on any atom is 0.410 e. The predicted molar refractivity (Wildman–Crippen MR) is 101 cm³/mol. The van der Waals surface area contributed by atoms with Crippen LogP contribution >= 0.6 is 0 Å². The number of nitrogens with one attached hydrogen (secondary N) is 1. The Bertz CT molecular complexity index is 721. The highest BCUT2D eigenvalue weighted by Crippen LogP contribution is 2.25. The maximum atomic E-state index is 12.3. The van der Waals surface area contributed by atoms with Crippen LogP contribution in [0.2, 0.25) is 0 Å². The number of carbonyl (C=O) groups is 2. The number of hydrogen-bond acceptors (Lipinski definition) is 6. The fourth-order valence-electron chi connectivity index (χ4n) is 2.76. The molecule has 2 amide bonds. The van der Waals surface area contributed by atoms with Gasteiger partial charge in [-0.1, -0.05) is 6.07 Å². The molecular formula is C18H26N4O5. The van der Waals surface area contributed by atoms with Crippen molar-refractivity contribution in [3.63, 3.8) is 0 Å². The van der Waals surface area contributed by atoms with Gasteiger partial charge in [-0.2, -0.15) is 0 Å². The normalized spacial score (nSPS) is 15.3. The minimum absolute atomic E-state index is 0.0289. The summed E-state index contributed by atoms with van der Waals surface area (Å²) in [6, 6.07) is 4.59. The number of anilines is 1. The minimum atomic E-state index is -0.537. The van der Waals surface area contributed by atoms with Gasteiger partial charge in [-0.3, -0.25) is 19.8 Å². The summed E-state index contributed by atoms with van der Waals surface area (Å²) in [6.07, 6.45) is -0.348. The second-order valence-corrected chi connectivity index (χ2v) is 7.50. The molecule has 9 nitrogen and oxygen atoms in total. The van der Waals surface area contributed by atoms with Crippen LogP contribution in [0.25, 0.3) is 0 Å². The number of piperazine rings is 1. The molecule has 0 aliphatic carbocycles. The smallest absolute Gasteiger partial charge is 0.410 e. The number of carbonyl (C=O) groups excluding carboxylic acids is 2. The van der Waals surface area contributed by atoms with Gasteiger partial charge in [0.15, 0.2) is 0 Å². The van der Waals surface area contributed by atoms with Crippen molar-refractivity contribution in [3.8, 4) is 0 Å². The van der Waals surface area contributed by atoms with Crippen LogP contribution in [0.3, 0.4) is 0 Å². The molecule has 1 fully saturated rings. The molecule has 0 unspecified atom stereocenters. The first-order chi connectivity index (χ1) is 12.6. The summed E-state index contributed by atoms with van der Waals surface area (Å²) in [5.41, 5.74) is 0.288. The summed E-state index contributed by atoms with van der Waals surface area (Å²) in [7, 11) is 0. The average molecular weight is 378 g/mol. The van der Waals surface area contributed by atoms with Crippen molar-refractivity contribution < 1.29 is 19.2 Å². The predicted octanol–water partition coefficient (Wildman–Crippen LogP) is 2.39. The van der Waals surface area contributed by atoms with Crippen molar-refractivity contribution in [1.29, 1.82) is 0 Å². The van der Waals surface area contributed by atoms with E-state index < -0.39 is 10.5 Å². The molecule has 0 radical (unpaired) electrons. The summed E-state index contributed by atoms with van der Waals surface area (Å²) in [5, 5.41) is 13.7. The van der Waals surface area contributed by atoms with Crippen molar-refractivity contribution in [2.75, 3.05) is 38.0 Å². The Kier molecular flexibility index (Phi) is 6.37. The largest absolute Gasteiger partial charge is 0.444 e. The highest BCUT2D eigenvalue weighted by Gasteiger charge is 2.26. The van der Waals surface area contributed by atoms with E-state index in [1.807, 2.05) is 25.7 Å². The van der Waals surface area contributed by atoms with Crippen LogP contribution in [0.1, 0.15) is 26.3 Å². The zero-order valence-corrected chi connectivity index (χ0v) is 16.2. The Morgan fingerprint density at radius 3 is 2.41 bits per heavy atom. The minimum Gasteiger partial charge on any atom is -0.444 e. The molecule has 2 rings (SSSR count). The number of rotatable bonds is 4. The summed E-state index contributed by atoms with van der Waals surface area (Å²) >= 11 is 0. The highest BCUT2D eigenvalue weighted by molar-refractivity contribution is 5.93. The average Bonchev–Trinajstić information content (AvgIpc) is 2.55. The van der Waals surface area contributed by atoms with E-state index in [0.717, 1.165) is 0 Å². The van der Waals surface area contributed by atoms with E-state index >= 15 is 0 Å². The number of nitro groups is 1. The number of nitro benzene ring substituents is 1. The van der Waals surface area contributed by atoms with E-state index in [9.17, 15) is 19.7 Å². The first-order valence-electron chi connectivity index (χ1n) is 8.81. The Morgan fingerprint density at radius 1 is 1.22 bits per heavy atom. The van der Waals surface area contributed by atoms with Gasteiger partial charge in [-0.05, 0) is 33.8 Å². The molecule has 0 atom stereocenters. The van der Waals surface area contributed by atoms with Crippen LogP contribution in [-0.2, 0) is 9.53 Å². The van der Waals surface area contributed by atoms with Crippen LogP contribution in [0, 0.1) is 17.0 Å². The monoisotopic (exact) mass is 378 g/mol. The lowest BCUT2D eigenvalue weighted by Crippen LogP contribution is -2.51.